The molecule has 1 aliphatic heterocycles. The first-order valence-corrected chi connectivity index (χ1v) is 7.20. The summed E-state index contributed by atoms with van der Waals surface area (Å²) in [6.45, 7) is 3.59. The van der Waals surface area contributed by atoms with Gasteiger partial charge in [-0.15, -0.1) is 0 Å². The van der Waals surface area contributed by atoms with Crippen LogP contribution in [-0.4, -0.2) is 6.54 Å². The van der Waals surface area contributed by atoms with Crippen molar-refractivity contribution in [1.82, 2.24) is 0 Å². The molecular weight excluding hydrogens is 263 g/mol. The lowest BCUT2D eigenvalue weighted by atomic mass is 9.99. The fourth-order valence-corrected chi connectivity index (χ4v) is 2.92. The van der Waals surface area contributed by atoms with Gasteiger partial charge in [-0.2, -0.15) is 5.26 Å². The Kier molecular flexibility index (Phi) is 3.62. The minimum atomic E-state index is -0.298. The van der Waals surface area contributed by atoms with E-state index >= 15 is 0 Å². The molecule has 106 valence electrons. The van der Waals surface area contributed by atoms with Crippen LogP contribution in [0, 0.1) is 24.1 Å². The molecule has 0 atom stereocenters. The zero-order valence-electron chi connectivity index (χ0n) is 12.1. The molecule has 0 saturated carbocycles. The van der Waals surface area contributed by atoms with Gasteiger partial charge in [0.25, 0.3) is 0 Å². The smallest absolute Gasteiger partial charge is 0.129 e. The maximum absolute atomic E-state index is 14.1. The first kappa shape index (κ1) is 13.6. The van der Waals surface area contributed by atoms with Crippen molar-refractivity contribution in [3.05, 3.63) is 64.5 Å². The fraction of sp³-hybridized carbons (Fsp3) is 0.278. The predicted molar refractivity (Wildman–Crippen MR) is 81.7 cm³/mol. The van der Waals surface area contributed by atoms with Crippen LogP contribution in [0.25, 0.3) is 0 Å². The number of halogens is 1. The van der Waals surface area contributed by atoms with E-state index < -0.39 is 0 Å². The molecule has 1 aliphatic rings. The van der Waals surface area contributed by atoms with Crippen LogP contribution >= 0.6 is 0 Å². The summed E-state index contributed by atoms with van der Waals surface area (Å²) < 4.78 is 14.1. The standard InChI is InChI=1S/C18H17FN2/c1-13-4-7-18-15(9-13)3-2-8-21(18)12-16-6-5-14(11-20)10-17(16)19/h4-7,9-10H,2-3,8,12H2,1H3. The minimum absolute atomic E-state index is 0.298. The van der Waals surface area contributed by atoms with Gasteiger partial charge in [0.1, 0.15) is 5.82 Å². The second-order valence-electron chi connectivity index (χ2n) is 5.58. The van der Waals surface area contributed by atoms with E-state index in [0.717, 1.165) is 19.4 Å². The summed E-state index contributed by atoms with van der Waals surface area (Å²) in [5.74, 6) is -0.298. The second kappa shape index (κ2) is 5.57. The van der Waals surface area contributed by atoms with Gasteiger partial charge in [-0.1, -0.05) is 23.8 Å². The van der Waals surface area contributed by atoms with E-state index in [4.69, 9.17) is 5.26 Å². The van der Waals surface area contributed by atoms with Crippen molar-refractivity contribution in [2.45, 2.75) is 26.3 Å². The number of nitriles is 1. The fourth-order valence-electron chi connectivity index (χ4n) is 2.92. The topological polar surface area (TPSA) is 27.0 Å². The average Bonchev–Trinajstić information content (AvgIpc) is 2.49. The Bertz CT molecular complexity index is 716. The third-order valence-corrected chi connectivity index (χ3v) is 3.99. The molecule has 0 radical (unpaired) electrons. The van der Waals surface area contributed by atoms with Gasteiger partial charge in [0.2, 0.25) is 0 Å². The van der Waals surface area contributed by atoms with Crippen molar-refractivity contribution in [1.29, 1.82) is 5.26 Å². The molecule has 2 aromatic carbocycles. The number of benzene rings is 2. The number of hydrogen-bond acceptors (Lipinski definition) is 2. The zero-order chi connectivity index (χ0) is 14.8. The van der Waals surface area contributed by atoms with Gasteiger partial charge in [-0.25, -0.2) is 4.39 Å². The molecule has 3 rings (SSSR count). The molecule has 0 unspecified atom stereocenters. The van der Waals surface area contributed by atoms with Crippen LogP contribution in [0.5, 0.6) is 0 Å². The molecule has 0 fully saturated rings. The summed E-state index contributed by atoms with van der Waals surface area (Å²) in [6.07, 6.45) is 2.18. The average molecular weight is 280 g/mol. The lowest BCUT2D eigenvalue weighted by molar-refractivity contribution is 0.597. The van der Waals surface area contributed by atoms with E-state index in [1.54, 1.807) is 12.1 Å². The Balaban J connectivity index is 1.89. The second-order valence-corrected chi connectivity index (χ2v) is 5.58. The number of fused-ring (bicyclic) bond motifs is 1. The largest absolute Gasteiger partial charge is 0.367 e. The SMILES string of the molecule is Cc1ccc2c(c1)CCCN2Cc1ccc(C#N)cc1F. The van der Waals surface area contributed by atoms with E-state index in [9.17, 15) is 4.39 Å². The molecule has 2 nitrogen and oxygen atoms in total. The lowest BCUT2D eigenvalue weighted by Crippen LogP contribution is -2.29. The predicted octanol–water partition coefficient (Wildman–Crippen LogP) is 3.96. The van der Waals surface area contributed by atoms with Crippen molar-refractivity contribution in [2.75, 3.05) is 11.4 Å². The molecule has 0 aliphatic carbocycles. The minimum Gasteiger partial charge on any atom is -0.367 e. The quantitative estimate of drug-likeness (QED) is 0.832. The van der Waals surface area contributed by atoms with Crippen molar-refractivity contribution in [3.8, 4) is 6.07 Å². The van der Waals surface area contributed by atoms with E-state index in [-0.39, 0.29) is 5.82 Å². The monoisotopic (exact) mass is 280 g/mol. The van der Waals surface area contributed by atoms with E-state index in [1.807, 2.05) is 6.07 Å². The van der Waals surface area contributed by atoms with Gasteiger partial charge in [0, 0.05) is 24.3 Å². The summed E-state index contributed by atoms with van der Waals surface area (Å²) in [5, 5.41) is 8.80. The van der Waals surface area contributed by atoms with E-state index in [0.29, 0.717) is 17.7 Å². The van der Waals surface area contributed by atoms with Gasteiger partial charge < -0.3 is 4.90 Å². The van der Waals surface area contributed by atoms with Crippen LogP contribution in [0.15, 0.2) is 36.4 Å². The summed E-state index contributed by atoms with van der Waals surface area (Å²) in [5.41, 5.74) is 4.82. The third kappa shape index (κ3) is 2.75. The zero-order valence-corrected chi connectivity index (χ0v) is 12.1. The highest BCUT2D eigenvalue weighted by atomic mass is 19.1. The molecule has 0 N–H and O–H groups in total. The molecule has 0 amide bonds. The molecule has 0 aromatic heterocycles. The Morgan fingerprint density at radius 2 is 2.10 bits per heavy atom. The van der Waals surface area contributed by atoms with Gasteiger partial charge >= 0.3 is 0 Å². The Morgan fingerprint density at radius 3 is 2.86 bits per heavy atom. The summed E-state index contributed by atoms with van der Waals surface area (Å²) in [6, 6.07) is 13.1. The number of anilines is 1. The van der Waals surface area contributed by atoms with Gasteiger partial charge in [0.15, 0.2) is 0 Å². The van der Waals surface area contributed by atoms with Crippen LogP contribution < -0.4 is 4.90 Å². The summed E-state index contributed by atoms with van der Waals surface area (Å²) in [4.78, 5) is 2.22. The van der Waals surface area contributed by atoms with Crippen LogP contribution in [0.1, 0.15) is 28.7 Å². The van der Waals surface area contributed by atoms with Crippen LogP contribution in [0.4, 0.5) is 10.1 Å². The highest BCUT2D eigenvalue weighted by Gasteiger charge is 2.18. The van der Waals surface area contributed by atoms with E-state index in [2.05, 4.69) is 30.0 Å². The highest BCUT2D eigenvalue weighted by Crippen LogP contribution is 2.29. The normalized spacial score (nSPS) is 13.7. The Labute approximate surface area is 124 Å². The molecule has 2 aromatic rings. The van der Waals surface area contributed by atoms with Crippen LogP contribution in [0.2, 0.25) is 0 Å². The Hall–Kier alpha value is -2.34. The highest BCUT2D eigenvalue weighted by molar-refractivity contribution is 5.57. The number of rotatable bonds is 2. The van der Waals surface area contributed by atoms with Gasteiger partial charge in [0.05, 0.1) is 11.6 Å². The van der Waals surface area contributed by atoms with Crippen LogP contribution in [0.3, 0.4) is 0 Å². The molecule has 0 spiro atoms. The number of hydrogen-bond donors (Lipinski definition) is 0. The molecule has 0 saturated heterocycles. The maximum atomic E-state index is 14.1. The van der Waals surface area contributed by atoms with Crippen molar-refractivity contribution in [2.24, 2.45) is 0 Å². The number of nitrogens with zero attached hydrogens (tertiary/aromatic N) is 2. The van der Waals surface area contributed by atoms with Crippen molar-refractivity contribution < 1.29 is 4.39 Å². The van der Waals surface area contributed by atoms with E-state index in [1.165, 1.54) is 22.9 Å². The molecular formula is C18H17FN2. The van der Waals surface area contributed by atoms with Crippen molar-refractivity contribution in [3.63, 3.8) is 0 Å². The van der Waals surface area contributed by atoms with Gasteiger partial charge in [-0.05, 0) is 43.5 Å². The Morgan fingerprint density at radius 1 is 1.24 bits per heavy atom. The summed E-state index contributed by atoms with van der Waals surface area (Å²) in [7, 11) is 0. The van der Waals surface area contributed by atoms with Gasteiger partial charge in [-0.3, -0.25) is 0 Å². The lowest BCUT2D eigenvalue weighted by Gasteiger charge is -2.31. The third-order valence-electron chi connectivity index (χ3n) is 3.99. The van der Waals surface area contributed by atoms with Crippen LogP contribution in [-0.2, 0) is 13.0 Å². The maximum Gasteiger partial charge on any atom is 0.129 e. The molecule has 21 heavy (non-hydrogen) atoms. The molecule has 1 heterocycles. The molecule has 0 bridgehead atoms. The first-order chi connectivity index (χ1) is 10.2. The summed E-state index contributed by atoms with van der Waals surface area (Å²) >= 11 is 0. The first-order valence-electron chi connectivity index (χ1n) is 7.20. The van der Waals surface area contributed by atoms with Crippen molar-refractivity contribution >= 4 is 5.69 Å². The molecule has 3 heteroatoms. The number of aryl methyl sites for hydroxylation is 2.